The first-order valence-electron chi connectivity index (χ1n) is 17.3. The van der Waals surface area contributed by atoms with E-state index in [0.717, 1.165) is 11.1 Å². The molecule has 0 radical (unpaired) electrons. The van der Waals surface area contributed by atoms with Crippen LogP contribution in [0.2, 0.25) is 0 Å². The molecule has 4 aromatic carbocycles. The van der Waals surface area contributed by atoms with E-state index in [1.54, 1.807) is 36.4 Å². The summed E-state index contributed by atoms with van der Waals surface area (Å²) >= 11 is 0. The lowest BCUT2D eigenvalue weighted by atomic mass is 9.44. The molecule has 0 spiro atoms. The third-order valence-electron chi connectivity index (χ3n) is 11.6. The van der Waals surface area contributed by atoms with Crippen molar-refractivity contribution < 1.29 is 34.1 Å². The van der Waals surface area contributed by atoms with E-state index in [1.165, 1.54) is 24.2 Å². The number of aromatic hydroxyl groups is 2. The lowest BCUT2D eigenvalue weighted by molar-refractivity contribution is -0.140. The average Bonchev–Trinajstić information content (AvgIpc) is 3.41. The molecule has 0 bridgehead atoms. The highest BCUT2D eigenvalue weighted by molar-refractivity contribution is 6.31. The van der Waals surface area contributed by atoms with Gasteiger partial charge in [0.05, 0.1) is 24.4 Å². The molecule has 51 heavy (non-hydrogen) atoms. The molecular weight excluding hydrogens is 642 g/mol. The molecule has 2 amide bonds. The third kappa shape index (κ3) is 5.03. The minimum atomic E-state index is -1.36. The highest BCUT2D eigenvalue weighted by Gasteiger charge is 2.65. The maximum atomic E-state index is 15.1. The van der Waals surface area contributed by atoms with E-state index in [0.29, 0.717) is 35.1 Å². The van der Waals surface area contributed by atoms with Crippen molar-refractivity contribution in [2.45, 2.75) is 30.6 Å². The largest absolute Gasteiger partial charge is 0.508 e. The Hall–Kier alpha value is -5.76. The minimum Gasteiger partial charge on any atom is -0.508 e. The van der Waals surface area contributed by atoms with Crippen molar-refractivity contribution in [3.8, 4) is 17.2 Å². The lowest BCUT2D eigenvalue weighted by Gasteiger charge is -2.55. The van der Waals surface area contributed by atoms with Crippen LogP contribution in [-0.2, 0) is 31.0 Å². The van der Waals surface area contributed by atoms with Gasteiger partial charge < -0.3 is 14.9 Å². The number of benzene rings is 4. The summed E-state index contributed by atoms with van der Waals surface area (Å²) in [5.74, 6) is -3.88. The molecule has 4 aliphatic rings. The SMILES string of the molecule is COc1cc(C2C3=CCC4C(=O)N(CCc5ccc(O)cc5)C(=O)C4C3CC3C(=O)C(c4ccccc4)=CC(=O)C32c2ccccc2)ccc1O. The van der Waals surface area contributed by atoms with Crippen LogP contribution in [0.5, 0.6) is 17.2 Å². The highest BCUT2D eigenvalue weighted by Crippen LogP contribution is 2.64. The maximum absolute atomic E-state index is 15.1. The van der Waals surface area contributed by atoms with Crippen molar-refractivity contribution in [2.75, 3.05) is 13.7 Å². The van der Waals surface area contributed by atoms with E-state index >= 15 is 9.59 Å². The Labute approximate surface area is 295 Å². The fraction of sp³-hybridized carbons (Fsp3) is 0.256. The molecule has 1 saturated heterocycles. The van der Waals surface area contributed by atoms with Gasteiger partial charge in [-0.3, -0.25) is 24.1 Å². The number of nitrogens with zero attached hydrogens (tertiary/aromatic N) is 1. The number of Topliss-reactive ketones (excluding diaryl/α,β-unsaturated/α-hetero) is 1. The number of ether oxygens (including phenoxy) is 1. The smallest absolute Gasteiger partial charge is 0.233 e. The fourth-order valence-corrected chi connectivity index (χ4v) is 9.31. The summed E-state index contributed by atoms with van der Waals surface area (Å²) in [6, 6.07) is 30.3. The first-order valence-corrected chi connectivity index (χ1v) is 17.3. The molecule has 1 saturated carbocycles. The second-order valence-corrected chi connectivity index (χ2v) is 14.0. The number of ketones is 2. The molecule has 8 heteroatoms. The second-order valence-electron chi connectivity index (χ2n) is 14.0. The number of hydrogen-bond acceptors (Lipinski definition) is 7. The highest BCUT2D eigenvalue weighted by atomic mass is 16.5. The number of likely N-dealkylation sites (tertiary alicyclic amines) is 1. The Kier molecular flexibility index (Phi) is 7.97. The maximum Gasteiger partial charge on any atom is 0.233 e. The summed E-state index contributed by atoms with van der Waals surface area (Å²) < 4.78 is 5.54. The van der Waals surface area contributed by atoms with E-state index in [-0.39, 0.29) is 53.6 Å². The fourth-order valence-electron chi connectivity index (χ4n) is 9.31. The van der Waals surface area contributed by atoms with Gasteiger partial charge in [-0.15, -0.1) is 0 Å². The molecule has 6 atom stereocenters. The molecular formula is C43H37NO7. The summed E-state index contributed by atoms with van der Waals surface area (Å²) in [7, 11) is 1.46. The number of allylic oxidation sites excluding steroid dienone is 4. The van der Waals surface area contributed by atoms with Crippen LogP contribution in [0.4, 0.5) is 0 Å². The minimum absolute atomic E-state index is 0.0604. The number of carbonyl (C=O) groups is 4. The van der Waals surface area contributed by atoms with Gasteiger partial charge in [-0.25, -0.2) is 0 Å². The van der Waals surface area contributed by atoms with Crippen LogP contribution >= 0.6 is 0 Å². The summed E-state index contributed by atoms with van der Waals surface area (Å²) in [5, 5.41) is 20.3. The number of fused-ring (bicyclic) bond motifs is 4. The van der Waals surface area contributed by atoms with Crippen LogP contribution in [0.25, 0.3) is 5.57 Å². The zero-order chi connectivity index (χ0) is 35.4. The van der Waals surface area contributed by atoms with Crippen LogP contribution in [-0.4, -0.2) is 52.1 Å². The van der Waals surface area contributed by atoms with Crippen LogP contribution in [0.3, 0.4) is 0 Å². The quantitative estimate of drug-likeness (QED) is 0.177. The normalized spacial score (nSPS) is 26.9. The Balaban J connectivity index is 1.29. The van der Waals surface area contributed by atoms with Crippen LogP contribution < -0.4 is 4.74 Å². The van der Waals surface area contributed by atoms with Gasteiger partial charge in [0.15, 0.2) is 23.1 Å². The van der Waals surface area contributed by atoms with E-state index < -0.39 is 35.0 Å². The zero-order valence-electron chi connectivity index (χ0n) is 28.1. The van der Waals surface area contributed by atoms with Crippen molar-refractivity contribution in [1.29, 1.82) is 0 Å². The van der Waals surface area contributed by atoms with E-state index in [4.69, 9.17) is 4.74 Å². The molecule has 8 nitrogen and oxygen atoms in total. The van der Waals surface area contributed by atoms with Gasteiger partial charge in [-0.1, -0.05) is 90.5 Å². The molecule has 2 N–H and O–H groups in total. The molecule has 0 aromatic heterocycles. The first-order chi connectivity index (χ1) is 24.7. The Bertz CT molecular complexity index is 2120. The number of amides is 2. The number of hydrogen-bond donors (Lipinski definition) is 2. The predicted molar refractivity (Wildman–Crippen MR) is 190 cm³/mol. The van der Waals surface area contributed by atoms with Crippen molar-refractivity contribution in [2.24, 2.45) is 23.7 Å². The number of imide groups is 1. The van der Waals surface area contributed by atoms with Gasteiger partial charge in [-0.05, 0) is 77.8 Å². The number of carbonyl (C=O) groups excluding carboxylic acids is 4. The lowest BCUT2D eigenvalue weighted by Crippen LogP contribution is -2.58. The van der Waals surface area contributed by atoms with Crippen molar-refractivity contribution in [3.63, 3.8) is 0 Å². The van der Waals surface area contributed by atoms with Crippen LogP contribution in [0.1, 0.15) is 41.0 Å². The Morgan fingerprint density at radius 2 is 1.53 bits per heavy atom. The summed E-state index contributed by atoms with van der Waals surface area (Å²) in [6.07, 6.45) is 4.50. The van der Waals surface area contributed by atoms with Gasteiger partial charge in [0, 0.05) is 24.0 Å². The summed E-state index contributed by atoms with van der Waals surface area (Å²) in [5.41, 5.74) is 2.73. The number of phenols is 2. The molecule has 3 aliphatic carbocycles. The van der Waals surface area contributed by atoms with E-state index in [1.807, 2.05) is 66.7 Å². The average molecular weight is 680 g/mol. The second kappa shape index (κ2) is 12.5. The van der Waals surface area contributed by atoms with E-state index in [9.17, 15) is 19.8 Å². The number of methoxy groups -OCH3 is 1. The molecule has 2 fully saturated rings. The summed E-state index contributed by atoms with van der Waals surface area (Å²) in [6.45, 7) is 0.200. The molecule has 8 rings (SSSR count). The monoisotopic (exact) mass is 679 g/mol. The van der Waals surface area contributed by atoms with E-state index in [2.05, 4.69) is 0 Å². The molecule has 6 unspecified atom stereocenters. The molecule has 1 aliphatic heterocycles. The standard InChI is InChI=1S/C43H37NO7/c1-51-36-22-27(14-19-35(36)46)39-30-17-18-31-38(42(50)44(41(31)49)21-20-25-12-15-29(45)16-13-25)33(30)23-34-40(48)32(26-8-4-2-5-9-26)24-37(47)43(34,39)28-10-6-3-7-11-28/h2-17,19,22,24,31,33-34,38-39,45-46H,18,20-21,23H2,1H3. The zero-order valence-corrected chi connectivity index (χ0v) is 28.1. The van der Waals surface area contributed by atoms with Gasteiger partial charge in [0.1, 0.15) is 5.75 Å². The molecule has 256 valence electrons. The molecule has 1 heterocycles. The Morgan fingerprint density at radius 1 is 0.824 bits per heavy atom. The van der Waals surface area contributed by atoms with Crippen molar-refractivity contribution in [3.05, 3.63) is 143 Å². The first kappa shape index (κ1) is 32.4. The van der Waals surface area contributed by atoms with Gasteiger partial charge in [-0.2, -0.15) is 0 Å². The van der Waals surface area contributed by atoms with Gasteiger partial charge in [0.2, 0.25) is 11.8 Å². The number of rotatable bonds is 7. The van der Waals surface area contributed by atoms with Crippen molar-refractivity contribution in [1.82, 2.24) is 4.90 Å². The van der Waals surface area contributed by atoms with Crippen molar-refractivity contribution >= 4 is 29.0 Å². The third-order valence-corrected chi connectivity index (χ3v) is 11.6. The summed E-state index contributed by atoms with van der Waals surface area (Å²) in [4.78, 5) is 59.9. The van der Waals surface area contributed by atoms with Crippen LogP contribution in [0, 0.1) is 23.7 Å². The topological polar surface area (TPSA) is 121 Å². The Morgan fingerprint density at radius 3 is 2.24 bits per heavy atom. The van der Waals surface area contributed by atoms with Gasteiger partial charge >= 0.3 is 0 Å². The predicted octanol–water partition coefficient (Wildman–Crippen LogP) is 6.17. The van der Waals surface area contributed by atoms with Crippen LogP contribution in [0.15, 0.2) is 121 Å². The molecule has 4 aromatic rings. The number of phenolic OH excluding ortho intramolecular Hbond substituents is 2. The van der Waals surface area contributed by atoms with Gasteiger partial charge in [0.25, 0.3) is 0 Å².